The molecule has 5 rings (SSSR count). The number of benzene rings is 2. The Morgan fingerprint density at radius 1 is 1.08 bits per heavy atom. The first-order valence-electron chi connectivity index (χ1n) is 11.7. The lowest BCUT2D eigenvalue weighted by Gasteiger charge is -2.34. The van der Waals surface area contributed by atoms with E-state index in [-0.39, 0.29) is 11.5 Å². The molecule has 1 aliphatic rings. The van der Waals surface area contributed by atoms with Gasteiger partial charge in [0.25, 0.3) is 5.56 Å². The summed E-state index contributed by atoms with van der Waals surface area (Å²) in [5.41, 5.74) is 2.62. The van der Waals surface area contributed by atoms with Gasteiger partial charge in [0.1, 0.15) is 10.8 Å². The molecular formula is C26H27N5O3S2. The van der Waals surface area contributed by atoms with Gasteiger partial charge in [-0.1, -0.05) is 41.2 Å². The molecule has 1 aliphatic heterocycles. The molecule has 0 radical (unpaired) electrons. The van der Waals surface area contributed by atoms with E-state index in [1.54, 1.807) is 24.9 Å². The summed E-state index contributed by atoms with van der Waals surface area (Å²) in [5, 5.41) is 5.18. The Morgan fingerprint density at radius 3 is 2.61 bits per heavy atom. The van der Waals surface area contributed by atoms with E-state index in [9.17, 15) is 9.59 Å². The predicted molar refractivity (Wildman–Crippen MR) is 143 cm³/mol. The molecule has 1 amide bonds. The molecule has 36 heavy (non-hydrogen) atoms. The summed E-state index contributed by atoms with van der Waals surface area (Å²) in [6.07, 6.45) is 0. The second kappa shape index (κ2) is 10.8. The predicted octanol–water partition coefficient (Wildman–Crippen LogP) is 3.57. The van der Waals surface area contributed by atoms with Crippen molar-refractivity contribution in [2.24, 2.45) is 0 Å². The summed E-state index contributed by atoms with van der Waals surface area (Å²) in [7, 11) is 1.62. The van der Waals surface area contributed by atoms with E-state index in [4.69, 9.17) is 9.72 Å². The Morgan fingerprint density at radius 2 is 1.86 bits per heavy atom. The van der Waals surface area contributed by atoms with Crippen molar-refractivity contribution in [2.75, 3.05) is 39.0 Å². The summed E-state index contributed by atoms with van der Waals surface area (Å²) >= 11 is 2.96. The summed E-state index contributed by atoms with van der Waals surface area (Å²) in [6, 6.07) is 17.4. The van der Waals surface area contributed by atoms with E-state index in [2.05, 4.69) is 41.2 Å². The molecule has 2 aromatic carbocycles. The van der Waals surface area contributed by atoms with Gasteiger partial charge >= 0.3 is 0 Å². The molecule has 0 spiro atoms. The van der Waals surface area contributed by atoms with Crippen LogP contribution < -0.4 is 10.3 Å². The van der Waals surface area contributed by atoms with Crippen LogP contribution >= 0.6 is 23.1 Å². The van der Waals surface area contributed by atoms with Crippen LogP contribution in [0.1, 0.15) is 11.3 Å². The highest BCUT2D eigenvalue weighted by atomic mass is 32.2. The quantitative estimate of drug-likeness (QED) is 0.344. The third kappa shape index (κ3) is 5.61. The lowest BCUT2D eigenvalue weighted by atomic mass is 10.2. The minimum absolute atomic E-state index is 0.160. The molecule has 3 heterocycles. The molecular weight excluding hydrogens is 494 g/mol. The van der Waals surface area contributed by atoms with E-state index in [0.29, 0.717) is 35.4 Å². The summed E-state index contributed by atoms with van der Waals surface area (Å²) in [5.74, 6) is 1.34. The lowest BCUT2D eigenvalue weighted by Crippen LogP contribution is -2.49. The fraction of sp³-hybridized carbons (Fsp3) is 0.308. The Hall–Kier alpha value is -3.21. The van der Waals surface area contributed by atoms with E-state index in [1.165, 1.54) is 21.4 Å². The van der Waals surface area contributed by atoms with Gasteiger partial charge in [0.2, 0.25) is 10.9 Å². The molecule has 4 aromatic rings. The summed E-state index contributed by atoms with van der Waals surface area (Å²) < 4.78 is 6.65. The third-order valence-corrected chi connectivity index (χ3v) is 8.06. The first kappa shape index (κ1) is 24.5. The van der Waals surface area contributed by atoms with Crippen molar-refractivity contribution in [1.29, 1.82) is 0 Å². The zero-order valence-electron chi connectivity index (χ0n) is 20.2. The average Bonchev–Trinajstić information content (AvgIpc) is 3.34. The van der Waals surface area contributed by atoms with Crippen molar-refractivity contribution >= 4 is 34.0 Å². The number of hydrogen-bond acceptors (Lipinski definition) is 8. The number of nitrogens with zero attached hydrogens (tertiary/aromatic N) is 5. The maximum absolute atomic E-state index is 12.7. The van der Waals surface area contributed by atoms with Gasteiger partial charge in [-0.25, -0.2) is 4.98 Å². The van der Waals surface area contributed by atoms with Gasteiger partial charge in [0.05, 0.1) is 18.6 Å². The molecule has 0 N–H and O–H groups in total. The van der Waals surface area contributed by atoms with Gasteiger partial charge in [-0.15, -0.1) is 11.8 Å². The van der Waals surface area contributed by atoms with Crippen LogP contribution in [0.25, 0.3) is 15.5 Å². The number of rotatable bonds is 7. The van der Waals surface area contributed by atoms with Gasteiger partial charge in [0, 0.05) is 49.2 Å². The molecule has 8 nitrogen and oxygen atoms in total. The molecule has 2 aromatic heterocycles. The maximum atomic E-state index is 12.7. The van der Waals surface area contributed by atoms with Crippen molar-refractivity contribution in [3.63, 3.8) is 0 Å². The van der Waals surface area contributed by atoms with Crippen LogP contribution in [0, 0.1) is 6.92 Å². The minimum atomic E-state index is -0.192. The number of methoxy groups -OCH3 is 1. The van der Waals surface area contributed by atoms with Crippen LogP contribution in [0.3, 0.4) is 0 Å². The number of aryl methyl sites for hydroxylation is 1. The van der Waals surface area contributed by atoms with Crippen molar-refractivity contribution in [2.45, 2.75) is 18.4 Å². The van der Waals surface area contributed by atoms with E-state index in [1.807, 2.05) is 29.2 Å². The first-order chi connectivity index (χ1) is 17.5. The molecule has 0 aliphatic carbocycles. The molecule has 0 bridgehead atoms. The van der Waals surface area contributed by atoms with Crippen LogP contribution in [0.15, 0.2) is 64.3 Å². The van der Waals surface area contributed by atoms with Gasteiger partial charge in [-0.3, -0.25) is 14.5 Å². The molecule has 186 valence electrons. The van der Waals surface area contributed by atoms with Crippen molar-refractivity contribution < 1.29 is 9.53 Å². The minimum Gasteiger partial charge on any atom is -0.497 e. The highest BCUT2D eigenvalue weighted by molar-refractivity contribution is 8.00. The smallest absolute Gasteiger partial charge is 0.275 e. The van der Waals surface area contributed by atoms with Crippen molar-refractivity contribution in [3.05, 3.63) is 76.2 Å². The van der Waals surface area contributed by atoms with E-state index >= 15 is 0 Å². The van der Waals surface area contributed by atoms with Gasteiger partial charge in [-0.2, -0.15) is 9.61 Å². The average molecular weight is 522 g/mol. The number of carbonyl (C=O) groups is 1. The van der Waals surface area contributed by atoms with Crippen LogP contribution in [0.5, 0.6) is 5.75 Å². The summed E-state index contributed by atoms with van der Waals surface area (Å²) in [6.45, 7) is 5.47. The number of aromatic nitrogens is 3. The van der Waals surface area contributed by atoms with Crippen LogP contribution in [0.4, 0.5) is 0 Å². The van der Waals surface area contributed by atoms with E-state index < -0.39 is 0 Å². The fourth-order valence-corrected chi connectivity index (χ4v) is 5.79. The van der Waals surface area contributed by atoms with Crippen LogP contribution in [-0.2, 0) is 11.3 Å². The van der Waals surface area contributed by atoms with Gasteiger partial charge in [-0.05, 0) is 31.2 Å². The molecule has 10 heteroatoms. The Labute approximate surface area is 217 Å². The number of thioether (sulfide) groups is 1. The molecule has 0 unspecified atom stereocenters. The van der Waals surface area contributed by atoms with Crippen molar-refractivity contribution in [3.8, 4) is 16.3 Å². The second-order valence-corrected chi connectivity index (χ2v) is 10.7. The molecule has 1 saturated heterocycles. The van der Waals surface area contributed by atoms with Crippen LogP contribution in [0.2, 0.25) is 0 Å². The number of hydrogen-bond donors (Lipinski definition) is 0. The summed E-state index contributed by atoms with van der Waals surface area (Å²) in [4.78, 5) is 35.9. The Balaban J connectivity index is 1.19. The molecule has 0 saturated carbocycles. The zero-order chi connectivity index (χ0) is 25.1. The molecule has 0 atom stereocenters. The Bertz CT molecular complexity index is 1430. The maximum Gasteiger partial charge on any atom is 0.275 e. The lowest BCUT2D eigenvalue weighted by molar-refractivity contribution is -0.130. The largest absolute Gasteiger partial charge is 0.497 e. The topological polar surface area (TPSA) is 80.0 Å². The SMILES string of the molecule is COc1cccc(-c2nn3c(=O)cc(CN4CCN(C(=O)CSc5ccc(C)cc5)CC4)nc3s2)c1. The monoisotopic (exact) mass is 521 g/mol. The highest BCUT2D eigenvalue weighted by Gasteiger charge is 2.22. The third-order valence-electron chi connectivity index (χ3n) is 6.11. The normalized spacial score (nSPS) is 14.3. The highest BCUT2D eigenvalue weighted by Crippen LogP contribution is 2.27. The van der Waals surface area contributed by atoms with Gasteiger partial charge < -0.3 is 9.64 Å². The Kier molecular flexibility index (Phi) is 7.35. The first-order valence-corrected chi connectivity index (χ1v) is 13.5. The standard InChI is InChI=1S/C26H27N5O3S2/c1-18-6-8-22(9-7-18)35-17-24(33)30-12-10-29(11-13-30)16-20-15-23(32)31-26(27-20)36-25(28-31)19-4-3-5-21(14-19)34-2/h3-9,14-15H,10-13,16-17H2,1-2H3. The van der Waals surface area contributed by atoms with E-state index in [0.717, 1.165) is 35.0 Å². The zero-order valence-corrected chi connectivity index (χ0v) is 21.8. The number of piperazine rings is 1. The molecule has 1 fully saturated rings. The van der Waals surface area contributed by atoms with Gasteiger partial charge in [0.15, 0.2) is 0 Å². The number of amides is 1. The number of ether oxygens (including phenoxy) is 1. The fourth-order valence-electron chi connectivity index (χ4n) is 4.07. The number of fused-ring (bicyclic) bond motifs is 1. The second-order valence-electron chi connectivity index (χ2n) is 8.68. The van der Waals surface area contributed by atoms with Crippen LogP contribution in [-0.4, -0.2) is 69.3 Å². The number of carbonyl (C=O) groups excluding carboxylic acids is 1. The van der Waals surface area contributed by atoms with Crippen molar-refractivity contribution in [1.82, 2.24) is 24.4 Å².